The number of nitrogens with one attached hydrogen (secondary N) is 3. The predicted molar refractivity (Wildman–Crippen MR) is 174 cm³/mol. The van der Waals surface area contributed by atoms with Crippen molar-refractivity contribution in [1.29, 1.82) is 0 Å². The lowest BCUT2D eigenvalue weighted by Crippen LogP contribution is -2.59. The number of amides is 4. The summed E-state index contributed by atoms with van der Waals surface area (Å²) in [6.07, 6.45) is 0.379. The van der Waals surface area contributed by atoms with Crippen molar-refractivity contribution < 1.29 is 36.6 Å². The Balaban J connectivity index is 0.00000338. The number of hydrogen-bond donors (Lipinski definition) is 3. The average Bonchev–Trinajstić information content (AvgIpc) is 2.97. The standard InChI is InChI=1S/C29H42F3N5O5S.C3H8/c1-18(2)37-16-9-8-10-22(37)25(39)34-23(28(4,5)6)26(40)36(7)17-15-19(3)24(38)35-43(42)21-13-11-20(12-14-21)33-27(41)29(30,31)32;1-3-2/h11-15,18,22-23H,8-10,16-17H2,1-7H3,(H,33,41)(H,34,39)(H,35,38);3H2,1-2H3/b19-15+;. The van der Waals surface area contributed by atoms with Crippen molar-refractivity contribution in [3.05, 3.63) is 35.9 Å². The number of piperidine rings is 1. The van der Waals surface area contributed by atoms with E-state index < -0.39 is 40.4 Å². The lowest BCUT2D eigenvalue weighted by molar-refractivity contribution is -0.167. The molecule has 46 heavy (non-hydrogen) atoms. The summed E-state index contributed by atoms with van der Waals surface area (Å²) in [6.45, 7) is 16.3. The van der Waals surface area contributed by atoms with Crippen LogP contribution in [0.2, 0.25) is 0 Å². The van der Waals surface area contributed by atoms with Crippen LogP contribution in [-0.2, 0) is 30.2 Å². The highest BCUT2D eigenvalue weighted by Crippen LogP contribution is 2.24. The number of anilines is 1. The maximum Gasteiger partial charge on any atom is 0.471 e. The summed E-state index contributed by atoms with van der Waals surface area (Å²) >= 11 is 0. The van der Waals surface area contributed by atoms with E-state index in [-0.39, 0.29) is 46.6 Å². The third-order valence-electron chi connectivity index (χ3n) is 7.08. The molecule has 0 aliphatic carbocycles. The van der Waals surface area contributed by atoms with E-state index in [0.29, 0.717) is 0 Å². The van der Waals surface area contributed by atoms with Gasteiger partial charge in [-0.2, -0.15) is 13.2 Å². The van der Waals surface area contributed by atoms with Gasteiger partial charge in [-0.15, -0.1) is 0 Å². The highest BCUT2D eigenvalue weighted by Gasteiger charge is 2.39. The summed E-state index contributed by atoms with van der Waals surface area (Å²) in [5.41, 5.74) is -0.566. The Morgan fingerprint density at radius 3 is 2.13 bits per heavy atom. The van der Waals surface area contributed by atoms with E-state index in [9.17, 15) is 36.6 Å². The predicted octanol–water partition coefficient (Wildman–Crippen LogP) is 4.94. The highest BCUT2D eigenvalue weighted by molar-refractivity contribution is 7.83. The van der Waals surface area contributed by atoms with Crippen LogP contribution in [0.1, 0.15) is 81.1 Å². The highest BCUT2D eigenvalue weighted by atomic mass is 32.2. The van der Waals surface area contributed by atoms with E-state index in [1.165, 1.54) is 36.5 Å². The van der Waals surface area contributed by atoms with Crippen molar-refractivity contribution in [2.75, 3.05) is 25.5 Å². The normalized spacial score (nSPS) is 17.2. The van der Waals surface area contributed by atoms with Gasteiger partial charge >= 0.3 is 12.1 Å². The molecule has 10 nitrogen and oxygen atoms in total. The van der Waals surface area contributed by atoms with Crippen molar-refractivity contribution in [2.45, 2.75) is 110 Å². The summed E-state index contributed by atoms with van der Waals surface area (Å²) in [6, 6.07) is 3.77. The van der Waals surface area contributed by atoms with E-state index in [2.05, 4.69) is 28.8 Å². The maximum atomic E-state index is 13.4. The molecule has 14 heteroatoms. The second kappa shape index (κ2) is 18.2. The minimum Gasteiger partial charge on any atom is -0.342 e. The molecule has 3 atom stereocenters. The molecule has 1 aliphatic heterocycles. The first-order valence-electron chi connectivity index (χ1n) is 15.4. The molecule has 3 N–H and O–H groups in total. The van der Waals surface area contributed by atoms with Gasteiger partial charge in [-0.05, 0) is 69.8 Å². The average molecular weight is 674 g/mol. The fourth-order valence-electron chi connectivity index (χ4n) is 4.50. The van der Waals surface area contributed by atoms with Crippen LogP contribution >= 0.6 is 0 Å². The quantitative estimate of drug-likeness (QED) is 0.302. The minimum absolute atomic E-state index is 0.0440. The largest absolute Gasteiger partial charge is 0.471 e. The number of halogens is 3. The molecule has 0 bridgehead atoms. The second-order valence-corrected chi connectivity index (χ2v) is 13.9. The minimum atomic E-state index is -5.05. The number of rotatable bonds is 10. The van der Waals surface area contributed by atoms with Gasteiger partial charge < -0.3 is 15.5 Å². The van der Waals surface area contributed by atoms with Gasteiger partial charge in [0.15, 0.2) is 11.0 Å². The van der Waals surface area contributed by atoms with E-state index in [0.717, 1.165) is 37.9 Å². The zero-order chi connectivity index (χ0) is 35.4. The van der Waals surface area contributed by atoms with Gasteiger partial charge in [-0.25, -0.2) is 4.21 Å². The Kier molecular flexibility index (Phi) is 16.1. The van der Waals surface area contributed by atoms with Crippen LogP contribution in [0.4, 0.5) is 18.9 Å². The molecule has 3 unspecified atom stereocenters. The van der Waals surface area contributed by atoms with Gasteiger partial charge in [0.05, 0.1) is 10.9 Å². The van der Waals surface area contributed by atoms with Crippen LogP contribution in [0, 0.1) is 5.41 Å². The molecule has 1 saturated heterocycles. The van der Waals surface area contributed by atoms with Crippen LogP contribution in [0.3, 0.4) is 0 Å². The summed E-state index contributed by atoms with van der Waals surface area (Å²) in [4.78, 5) is 54.1. The molecule has 4 amide bonds. The first kappa shape index (κ1) is 40.8. The number of hydrogen-bond acceptors (Lipinski definition) is 6. The number of alkyl halides is 3. The van der Waals surface area contributed by atoms with Crippen molar-refractivity contribution >= 4 is 40.3 Å². The molecule has 0 aromatic heterocycles. The Labute approximate surface area is 273 Å². The zero-order valence-corrected chi connectivity index (χ0v) is 29.2. The van der Waals surface area contributed by atoms with Gasteiger partial charge in [0.1, 0.15) is 6.04 Å². The van der Waals surface area contributed by atoms with Crippen molar-refractivity contribution in [3.63, 3.8) is 0 Å². The molecule has 0 spiro atoms. The number of benzene rings is 1. The third-order valence-corrected chi connectivity index (χ3v) is 8.16. The number of likely N-dealkylation sites (N-methyl/N-ethyl adjacent to an activating group) is 1. The molecule has 260 valence electrons. The molecular weight excluding hydrogens is 623 g/mol. The zero-order valence-electron chi connectivity index (χ0n) is 28.3. The van der Waals surface area contributed by atoms with E-state index in [1.54, 1.807) is 12.4 Å². The number of likely N-dealkylation sites (tertiary alicyclic amines) is 1. The third kappa shape index (κ3) is 12.9. The summed E-state index contributed by atoms with van der Waals surface area (Å²) in [7, 11) is -0.475. The molecular formula is C32H50F3N5O5S. The molecule has 1 heterocycles. The molecule has 1 aromatic rings. The van der Waals surface area contributed by atoms with Crippen molar-refractivity contribution in [1.82, 2.24) is 19.8 Å². The SMILES string of the molecule is C/C(=C\CN(C)C(=O)C(NC(=O)C1CCCCN1C(C)C)C(C)(C)C)C(=O)NS(=O)c1ccc(NC(=O)C(F)(F)F)cc1.CCC. The molecule has 1 aromatic carbocycles. The van der Waals surface area contributed by atoms with Crippen LogP contribution in [0.5, 0.6) is 0 Å². The van der Waals surface area contributed by atoms with E-state index in [4.69, 9.17) is 0 Å². The smallest absolute Gasteiger partial charge is 0.342 e. The molecule has 1 fully saturated rings. The van der Waals surface area contributed by atoms with Crippen LogP contribution in [0.25, 0.3) is 0 Å². The summed E-state index contributed by atoms with van der Waals surface area (Å²) in [5.74, 6) is -3.32. The first-order valence-corrected chi connectivity index (χ1v) is 16.6. The molecule has 0 radical (unpaired) electrons. The number of carbonyl (C=O) groups excluding carboxylic acids is 4. The van der Waals surface area contributed by atoms with Crippen LogP contribution < -0.4 is 15.4 Å². The van der Waals surface area contributed by atoms with Gasteiger partial charge in [0, 0.05) is 30.9 Å². The molecule has 2 rings (SSSR count). The van der Waals surface area contributed by atoms with Crippen LogP contribution in [0.15, 0.2) is 40.8 Å². The fraction of sp³-hybridized carbons (Fsp3) is 0.625. The Morgan fingerprint density at radius 1 is 1.07 bits per heavy atom. The lowest BCUT2D eigenvalue weighted by Gasteiger charge is -2.40. The Hall–Kier alpha value is -3.26. The van der Waals surface area contributed by atoms with E-state index >= 15 is 0 Å². The Morgan fingerprint density at radius 2 is 1.63 bits per heavy atom. The van der Waals surface area contributed by atoms with Crippen molar-refractivity contribution in [2.24, 2.45) is 5.41 Å². The first-order chi connectivity index (χ1) is 21.2. The number of carbonyl (C=O) groups is 4. The maximum absolute atomic E-state index is 13.4. The molecule has 0 saturated carbocycles. The van der Waals surface area contributed by atoms with Crippen molar-refractivity contribution in [3.8, 4) is 0 Å². The monoisotopic (exact) mass is 673 g/mol. The Bertz CT molecular complexity index is 1250. The van der Waals surface area contributed by atoms with Crippen LogP contribution in [-0.4, -0.2) is 82.1 Å². The van der Waals surface area contributed by atoms with Gasteiger partial charge in [-0.3, -0.25) is 28.8 Å². The fourth-order valence-corrected chi connectivity index (χ4v) is 5.34. The van der Waals surface area contributed by atoms with Gasteiger partial charge in [0.2, 0.25) is 11.8 Å². The van der Waals surface area contributed by atoms with E-state index in [1.807, 2.05) is 34.6 Å². The summed E-state index contributed by atoms with van der Waals surface area (Å²) < 4.78 is 52.1. The lowest BCUT2D eigenvalue weighted by atomic mass is 9.85. The molecule has 1 aliphatic rings. The second-order valence-electron chi connectivity index (χ2n) is 12.6. The van der Waals surface area contributed by atoms with Gasteiger partial charge in [-0.1, -0.05) is 53.5 Å². The topological polar surface area (TPSA) is 128 Å². The summed E-state index contributed by atoms with van der Waals surface area (Å²) in [5, 5.41) is 4.65. The van der Waals surface area contributed by atoms with Gasteiger partial charge in [0.25, 0.3) is 5.91 Å². The number of nitrogens with zero attached hydrogens (tertiary/aromatic N) is 2.